The van der Waals surface area contributed by atoms with Gasteiger partial charge < -0.3 is 14.7 Å². The summed E-state index contributed by atoms with van der Waals surface area (Å²) in [6.07, 6.45) is 6.94. The van der Waals surface area contributed by atoms with Gasteiger partial charge >= 0.3 is 8.60 Å². The molecule has 17 heavy (non-hydrogen) atoms. The van der Waals surface area contributed by atoms with Gasteiger partial charge in [-0.3, -0.25) is 4.57 Å². The third-order valence-electron chi connectivity index (χ3n) is 2.96. The van der Waals surface area contributed by atoms with Crippen molar-refractivity contribution in [2.75, 3.05) is 6.16 Å². The van der Waals surface area contributed by atoms with Gasteiger partial charge in [0, 0.05) is 6.16 Å². The molecule has 0 aliphatic heterocycles. The molecule has 4 nitrogen and oxygen atoms in total. The molecule has 106 valence electrons. The Hall–Kier alpha value is 0.840. The third kappa shape index (κ3) is 14.8. The molecule has 0 saturated heterocycles. The van der Waals surface area contributed by atoms with Crippen LogP contribution in [0.4, 0.5) is 0 Å². The molecule has 0 saturated carbocycles. The molecule has 0 radical (unpaired) electrons. The highest BCUT2D eigenvalue weighted by molar-refractivity contribution is 7.38. The van der Waals surface area contributed by atoms with Crippen LogP contribution in [-0.2, 0) is 4.57 Å². The molecule has 3 N–H and O–H groups in total. The summed E-state index contributed by atoms with van der Waals surface area (Å²) in [5, 5.41) is 0. The second-order valence-corrected chi connectivity index (χ2v) is 4.98. The highest BCUT2D eigenvalue weighted by Gasteiger charge is 2.24. The summed E-state index contributed by atoms with van der Waals surface area (Å²) < 4.78 is 10.6. The van der Waals surface area contributed by atoms with Gasteiger partial charge in [-0.15, -0.1) is 0 Å². The Morgan fingerprint density at radius 3 is 1.76 bits per heavy atom. The monoisotopic (exact) mass is 304 g/mol. The standard InChI is InChI=1S/C10H21OP.H3O3P.H3P/c1-4-7-8-10(5-2,6-3)9-12-11;1-4(2)3;/h4-9H2,1-3H3;1-3H;1H3. The summed E-state index contributed by atoms with van der Waals surface area (Å²) >= 11 is 0. The van der Waals surface area contributed by atoms with Crippen LogP contribution in [0.1, 0.15) is 52.9 Å². The van der Waals surface area contributed by atoms with Crippen LogP contribution in [0.25, 0.3) is 0 Å². The van der Waals surface area contributed by atoms with Gasteiger partial charge in [-0.05, 0) is 24.7 Å². The molecule has 0 bridgehead atoms. The minimum absolute atomic E-state index is 0. The Kier molecular flexibility index (Phi) is 20.1. The lowest BCUT2D eigenvalue weighted by atomic mass is 9.80. The van der Waals surface area contributed by atoms with Crippen molar-refractivity contribution in [3.05, 3.63) is 0 Å². The molecule has 0 spiro atoms. The van der Waals surface area contributed by atoms with Crippen LogP contribution in [0.5, 0.6) is 0 Å². The first kappa shape index (κ1) is 23.0. The molecule has 1 unspecified atom stereocenters. The molecule has 0 rings (SSSR count). The number of unbranched alkanes of at least 4 members (excludes halogenated alkanes) is 1. The maximum absolute atomic E-state index is 10.6. The second kappa shape index (κ2) is 14.9. The maximum atomic E-state index is 10.6. The topological polar surface area (TPSA) is 77.8 Å². The van der Waals surface area contributed by atoms with E-state index in [1.54, 1.807) is 0 Å². The van der Waals surface area contributed by atoms with Gasteiger partial charge in [-0.1, -0.05) is 33.6 Å². The van der Waals surface area contributed by atoms with Crippen LogP contribution in [0.2, 0.25) is 0 Å². The van der Waals surface area contributed by atoms with Gasteiger partial charge in [0.15, 0.2) is 8.46 Å². The van der Waals surface area contributed by atoms with Crippen molar-refractivity contribution < 1.29 is 19.2 Å². The lowest BCUT2D eigenvalue weighted by Gasteiger charge is -2.28. The minimum Gasteiger partial charge on any atom is -0.328 e. The molecular formula is C10H27O4P3. The van der Waals surface area contributed by atoms with E-state index in [-0.39, 0.29) is 9.90 Å². The van der Waals surface area contributed by atoms with Crippen molar-refractivity contribution in [1.82, 2.24) is 0 Å². The molecule has 0 aliphatic rings. The number of hydrogen-bond acceptors (Lipinski definition) is 4. The first-order valence-corrected chi connectivity index (χ1v) is 7.83. The molecule has 7 heteroatoms. The van der Waals surface area contributed by atoms with E-state index >= 15 is 0 Å². The first-order chi connectivity index (χ1) is 7.47. The molecule has 0 aromatic heterocycles. The van der Waals surface area contributed by atoms with Gasteiger partial charge in [-0.2, -0.15) is 9.90 Å². The summed E-state index contributed by atoms with van der Waals surface area (Å²) in [5.41, 5.74) is 0.360. The lowest BCUT2D eigenvalue weighted by Crippen LogP contribution is -2.20. The summed E-state index contributed by atoms with van der Waals surface area (Å²) in [6, 6.07) is 0. The Morgan fingerprint density at radius 1 is 1.12 bits per heavy atom. The molecule has 0 amide bonds. The first-order valence-electron chi connectivity index (χ1n) is 5.63. The van der Waals surface area contributed by atoms with Crippen LogP contribution in [0.3, 0.4) is 0 Å². The van der Waals surface area contributed by atoms with Gasteiger partial charge in [0.2, 0.25) is 0 Å². The number of rotatable bonds is 7. The highest BCUT2D eigenvalue weighted by Crippen LogP contribution is 2.35. The van der Waals surface area contributed by atoms with Crippen LogP contribution in [0, 0.1) is 5.41 Å². The summed E-state index contributed by atoms with van der Waals surface area (Å²) in [5.74, 6) is 0. The van der Waals surface area contributed by atoms with E-state index in [1.165, 1.54) is 32.1 Å². The lowest BCUT2D eigenvalue weighted by molar-refractivity contribution is 0.270. The highest BCUT2D eigenvalue weighted by atomic mass is 31.2. The van der Waals surface area contributed by atoms with Gasteiger partial charge in [0.25, 0.3) is 0 Å². The molecule has 0 fully saturated rings. The van der Waals surface area contributed by atoms with E-state index in [4.69, 9.17) is 14.7 Å². The minimum atomic E-state index is -2.62. The van der Waals surface area contributed by atoms with E-state index in [9.17, 15) is 4.57 Å². The molecular weight excluding hydrogens is 277 g/mol. The molecule has 0 aromatic rings. The van der Waals surface area contributed by atoms with E-state index in [0.29, 0.717) is 13.9 Å². The maximum Gasteiger partial charge on any atom is 0.324 e. The van der Waals surface area contributed by atoms with Gasteiger partial charge in [0.05, 0.1) is 0 Å². The Bertz CT molecular complexity index is 161. The van der Waals surface area contributed by atoms with Crippen molar-refractivity contribution in [1.29, 1.82) is 0 Å². The normalized spacial score (nSPS) is 10.8. The predicted octanol–water partition coefficient (Wildman–Crippen LogP) is 3.52. The van der Waals surface area contributed by atoms with Crippen LogP contribution >= 0.6 is 27.0 Å². The van der Waals surface area contributed by atoms with E-state index < -0.39 is 8.60 Å². The van der Waals surface area contributed by atoms with Crippen molar-refractivity contribution in [2.24, 2.45) is 5.41 Å². The zero-order valence-electron chi connectivity index (χ0n) is 11.1. The fraction of sp³-hybridized carbons (Fsp3) is 1.00. The fourth-order valence-corrected chi connectivity index (χ4v) is 2.47. The molecule has 0 heterocycles. The van der Waals surface area contributed by atoms with Crippen LogP contribution in [-0.4, -0.2) is 20.8 Å². The fourth-order valence-electron chi connectivity index (χ4n) is 1.59. The van der Waals surface area contributed by atoms with E-state index in [0.717, 1.165) is 6.16 Å². The second-order valence-electron chi connectivity index (χ2n) is 3.87. The summed E-state index contributed by atoms with van der Waals surface area (Å²) in [4.78, 5) is 21.7. The Balaban J connectivity index is -0.000000340. The largest absolute Gasteiger partial charge is 0.328 e. The Labute approximate surface area is 111 Å². The van der Waals surface area contributed by atoms with Crippen molar-refractivity contribution in [3.8, 4) is 0 Å². The molecule has 0 aliphatic carbocycles. The SMILES string of the molecule is CCCCC(CC)(CC)CP=O.OP(O)O.P. The Morgan fingerprint density at radius 2 is 1.53 bits per heavy atom. The van der Waals surface area contributed by atoms with Gasteiger partial charge in [0.1, 0.15) is 0 Å². The van der Waals surface area contributed by atoms with Gasteiger partial charge in [-0.25, -0.2) is 0 Å². The van der Waals surface area contributed by atoms with Crippen molar-refractivity contribution in [3.63, 3.8) is 0 Å². The molecule has 0 aromatic carbocycles. The average molecular weight is 304 g/mol. The average Bonchev–Trinajstić information content (AvgIpc) is 2.24. The number of hydrogen-bond donors (Lipinski definition) is 3. The predicted molar refractivity (Wildman–Crippen MR) is 79.7 cm³/mol. The zero-order chi connectivity index (χ0) is 13.0. The summed E-state index contributed by atoms with van der Waals surface area (Å²) in [6.45, 7) is 6.64. The smallest absolute Gasteiger partial charge is 0.324 e. The van der Waals surface area contributed by atoms with Crippen LogP contribution < -0.4 is 0 Å². The van der Waals surface area contributed by atoms with E-state index in [1.807, 2.05) is 0 Å². The van der Waals surface area contributed by atoms with Crippen molar-refractivity contribution >= 4 is 27.0 Å². The van der Waals surface area contributed by atoms with E-state index in [2.05, 4.69) is 20.8 Å². The third-order valence-corrected chi connectivity index (χ3v) is 3.76. The molecule has 1 atom stereocenters. The van der Waals surface area contributed by atoms with Crippen LogP contribution in [0.15, 0.2) is 0 Å². The van der Waals surface area contributed by atoms with Crippen molar-refractivity contribution in [2.45, 2.75) is 52.9 Å². The summed E-state index contributed by atoms with van der Waals surface area (Å²) in [7, 11) is -2.30. The zero-order valence-corrected chi connectivity index (χ0v) is 14.3. The quantitative estimate of drug-likeness (QED) is 0.629.